The molecule has 0 aliphatic rings. The molecule has 0 aliphatic heterocycles. The van der Waals surface area contributed by atoms with Crippen molar-refractivity contribution in [3.05, 3.63) is 39.8 Å². The predicted molar refractivity (Wildman–Crippen MR) is 73.7 cm³/mol. The van der Waals surface area contributed by atoms with Gasteiger partial charge in [0.05, 0.1) is 11.3 Å². The van der Waals surface area contributed by atoms with Crippen LogP contribution in [0.1, 0.15) is 26.4 Å². The molecule has 0 unspecified atom stereocenters. The molecule has 1 amide bonds. The second-order valence-electron chi connectivity index (χ2n) is 3.62. The molecule has 0 radical (unpaired) electrons. The lowest BCUT2D eigenvalue weighted by Crippen LogP contribution is -2.13. The lowest BCUT2D eigenvalue weighted by atomic mass is 10.2. The second-order valence-corrected chi connectivity index (χ2v) is 5.31. The Morgan fingerprint density at radius 2 is 2.16 bits per heavy atom. The summed E-state index contributed by atoms with van der Waals surface area (Å²) in [7, 11) is 0. The first-order chi connectivity index (χ1) is 8.99. The van der Waals surface area contributed by atoms with Gasteiger partial charge in [-0.15, -0.1) is 0 Å². The van der Waals surface area contributed by atoms with Crippen LogP contribution in [-0.4, -0.2) is 26.3 Å². The van der Waals surface area contributed by atoms with Crippen molar-refractivity contribution in [1.29, 1.82) is 0 Å². The van der Waals surface area contributed by atoms with Crippen LogP contribution < -0.4 is 5.32 Å². The van der Waals surface area contributed by atoms with E-state index in [4.69, 9.17) is 5.11 Å². The quantitative estimate of drug-likeness (QED) is 0.894. The number of aryl methyl sites for hydroxylation is 1. The van der Waals surface area contributed by atoms with E-state index in [9.17, 15) is 9.59 Å². The van der Waals surface area contributed by atoms with Crippen LogP contribution in [-0.2, 0) is 0 Å². The molecular weight excluding hydrogens is 334 g/mol. The van der Waals surface area contributed by atoms with Gasteiger partial charge >= 0.3 is 5.97 Å². The highest BCUT2D eigenvalue weighted by atomic mass is 79.9. The Morgan fingerprint density at radius 1 is 1.42 bits per heavy atom. The van der Waals surface area contributed by atoms with Crippen LogP contribution in [0.4, 0.5) is 5.00 Å². The Bertz CT molecular complexity index is 656. The molecule has 0 aromatic carbocycles. The minimum Gasteiger partial charge on any atom is -0.478 e. The van der Waals surface area contributed by atoms with E-state index in [0.29, 0.717) is 15.7 Å². The molecule has 2 rings (SSSR count). The van der Waals surface area contributed by atoms with E-state index >= 15 is 0 Å². The fourth-order valence-electron chi connectivity index (χ4n) is 1.42. The zero-order chi connectivity index (χ0) is 14.0. The summed E-state index contributed by atoms with van der Waals surface area (Å²) in [5, 5.41) is 11.8. The number of nitrogens with zero attached hydrogens (tertiary/aromatic N) is 2. The summed E-state index contributed by atoms with van der Waals surface area (Å²) >= 11 is 4.15. The highest BCUT2D eigenvalue weighted by molar-refractivity contribution is 9.10. The van der Waals surface area contributed by atoms with Gasteiger partial charge in [-0.25, -0.2) is 4.79 Å². The number of hydrogen-bond donors (Lipinski definition) is 2. The molecular formula is C11H8BrN3O3S. The number of carboxylic acids is 1. The van der Waals surface area contributed by atoms with Crippen molar-refractivity contribution in [3.63, 3.8) is 0 Å². The van der Waals surface area contributed by atoms with E-state index in [1.807, 2.05) is 0 Å². The van der Waals surface area contributed by atoms with Crippen LogP contribution in [0, 0.1) is 6.92 Å². The van der Waals surface area contributed by atoms with Gasteiger partial charge in [-0.2, -0.15) is 4.37 Å². The molecule has 0 spiro atoms. The van der Waals surface area contributed by atoms with Gasteiger partial charge in [0.1, 0.15) is 10.6 Å². The molecule has 0 fully saturated rings. The number of anilines is 1. The largest absolute Gasteiger partial charge is 0.478 e. The van der Waals surface area contributed by atoms with Gasteiger partial charge in [0, 0.05) is 16.9 Å². The number of carbonyl (C=O) groups is 2. The summed E-state index contributed by atoms with van der Waals surface area (Å²) in [4.78, 5) is 26.9. The van der Waals surface area contributed by atoms with Gasteiger partial charge in [-0.1, -0.05) is 0 Å². The molecule has 0 bridgehead atoms. The average molecular weight is 342 g/mol. The molecule has 2 aromatic heterocycles. The van der Waals surface area contributed by atoms with Crippen LogP contribution in [0.5, 0.6) is 0 Å². The Balaban J connectivity index is 2.27. The topological polar surface area (TPSA) is 92.2 Å². The number of pyridine rings is 1. The number of nitrogens with one attached hydrogen (secondary N) is 1. The third-order valence-electron chi connectivity index (χ3n) is 2.27. The fraction of sp³-hybridized carbons (Fsp3) is 0.0909. The summed E-state index contributed by atoms with van der Waals surface area (Å²) in [6, 6.07) is 1.59. The molecule has 2 heterocycles. The van der Waals surface area contributed by atoms with Crippen molar-refractivity contribution in [2.24, 2.45) is 0 Å². The van der Waals surface area contributed by atoms with E-state index in [0.717, 1.165) is 11.5 Å². The number of aromatic nitrogens is 2. The third kappa shape index (κ3) is 2.96. The number of aromatic carboxylic acids is 1. The third-order valence-corrected chi connectivity index (χ3v) is 3.56. The molecule has 0 aliphatic carbocycles. The van der Waals surface area contributed by atoms with Crippen LogP contribution in [0.3, 0.4) is 0 Å². The zero-order valence-electron chi connectivity index (χ0n) is 9.68. The van der Waals surface area contributed by atoms with Crippen molar-refractivity contribution in [2.75, 3.05) is 5.32 Å². The normalized spacial score (nSPS) is 10.2. The Kier molecular flexibility index (Phi) is 3.91. The summed E-state index contributed by atoms with van der Waals surface area (Å²) in [5.41, 5.74) is 0.721. The smallest absolute Gasteiger partial charge is 0.340 e. The van der Waals surface area contributed by atoms with Gasteiger partial charge < -0.3 is 10.4 Å². The SMILES string of the molecule is Cc1nsc(NC(=O)c2cncc(Br)c2)c1C(=O)O. The summed E-state index contributed by atoms with van der Waals surface area (Å²) in [6.07, 6.45) is 2.95. The van der Waals surface area contributed by atoms with Crippen molar-refractivity contribution >= 4 is 44.3 Å². The first kappa shape index (κ1) is 13.6. The monoisotopic (exact) mass is 341 g/mol. The van der Waals surface area contributed by atoms with Crippen LogP contribution in [0.25, 0.3) is 0 Å². The van der Waals surface area contributed by atoms with Crippen LogP contribution in [0.15, 0.2) is 22.9 Å². The molecule has 0 atom stereocenters. The highest BCUT2D eigenvalue weighted by Crippen LogP contribution is 2.25. The Hall–Kier alpha value is -1.80. The summed E-state index contributed by atoms with van der Waals surface area (Å²) in [6.45, 7) is 1.58. The molecule has 98 valence electrons. The van der Waals surface area contributed by atoms with Gasteiger partial charge in [-0.3, -0.25) is 9.78 Å². The molecule has 2 aromatic rings. The van der Waals surface area contributed by atoms with E-state index < -0.39 is 11.9 Å². The number of amides is 1. The predicted octanol–water partition coefficient (Wildman–Crippen LogP) is 2.56. The Morgan fingerprint density at radius 3 is 2.79 bits per heavy atom. The summed E-state index contributed by atoms with van der Waals surface area (Å²) < 4.78 is 4.59. The fourth-order valence-corrected chi connectivity index (χ4v) is 2.57. The van der Waals surface area contributed by atoms with Gasteiger partial charge in [-0.05, 0) is 40.5 Å². The van der Waals surface area contributed by atoms with Crippen molar-refractivity contribution in [1.82, 2.24) is 9.36 Å². The Labute approximate surface area is 120 Å². The molecule has 19 heavy (non-hydrogen) atoms. The highest BCUT2D eigenvalue weighted by Gasteiger charge is 2.19. The standard InChI is InChI=1S/C11H8BrN3O3S/c1-5-8(11(17)18)10(19-15-5)14-9(16)6-2-7(12)4-13-3-6/h2-4H,1H3,(H,14,16)(H,17,18). The van der Waals surface area contributed by atoms with E-state index in [1.165, 1.54) is 6.20 Å². The number of carbonyl (C=O) groups excluding carboxylic acids is 1. The van der Waals surface area contributed by atoms with Crippen molar-refractivity contribution in [2.45, 2.75) is 6.92 Å². The number of hydrogen-bond acceptors (Lipinski definition) is 5. The van der Waals surface area contributed by atoms with Gasteiger partial charge in [0.25, 0.3) is 5.91 Å². The number of carboxylic acid groups (broad SMARTS) is 1. The maximum absolute atomic E-state index is 12.0. The molecule has 2 N–H and O–H groups in total. The van der Waals surface area contributed by atoms with Crippen LogP contribution in [0.2, 0.25) is 0 Å². The average Bonchev–Trinajstić information content (AvgIpc) is 2.70. The summed E-state index contributed by atoms with van der Waals surface area (Å²) in [5.74, 6) is -1.55. The maximum Gasteiger partial charge on any atom is 0.340 e. The minimum atomic E-state index is -1.12. The van der Waals surface area contributed by atoms with Crippen molar-refractivity contribution < 1.29 is 14.7 Å². The van der Waals surface area contributed by atoms with E-state index in [-0.39, 0.29) is 10.6 Å². The molecule has 0 saturated carbocycles. The molecule has 0 saturated heterocycles. The van der Waals surface area contributed by atoms with Gasteiger partial charge in [0.2, 0.25) is 0 Å². The minimum absolute atomic E-state index is 0.0151. The number of halogens is 1. The number of rotatable bonds is 3. The van der Waals surface area contributed by atoms with Crippen molar-refractivity contribution in [3.8, 4) is 0 Å². The molecule has 8 heteroatoms. The van der Waals surface area contributed by atoms with E-state index in [1.54, 1.807) is 19.2 Å². The van der Waals surface area contributed by atoms with Crippen LogP contribution >= 0.6 is 27.5 Å². The second kappa shape index (κ2) is 5.45. The first-order valence-corrected chi connectivity index (χ1v) is 6.67. The zero-order valence-corrected chi connectivity index (χ0v) is 12.1. The van der Waals surface area contributed by atoms with E-state index in [2.05, 4.69) is 30.6 Å². The lowest BCUT2D eigenvalue weighted by Gasteiger charge is -2.03. The maximum atomic E-state index is 12.0. The molecule has 6 nitrogen and oxygen atoms in total. The lowest BCUT2D eigenvalue weighted by molar-refractivity contribution is 0.0697. The first-order valence-electron chi connectivity index (χ1n) is 5.10. The van der Waals surface area contributed by atoms with Gasteiger partial charge in [0.15, 0.2) is 0 Å².